The van der Waals surface area contributed by atoms with Crippen LogP contribution in [0, 0.1) is 5.82 Å². The molecule has 0 amide bonds. The zero-order valence-electron chi connectivity index (χ0n) is 9.57. The number of carbonyl (C=O) groups excluding carboxylic acids is 1. The van der Waals surface area contributed by atoms with Gasteiger partial charge >= 0.3 is 0 Å². The number of methoxy groups -OCH3 is 1. The van der Waals surface area contributed by atoms with E-state index in [1.165, 1.54) is 36.6 Å². The molecule has 1 heterocycles. The average Bonchev–Trinajstić information content (AvgIpc) is 2.75. The van der Waals surface area contributed by atoms with Crippen LogP contribution in [0.25, 0.3) is 0 Å². The maximum Gasteiger partial charge on any atom is 0.168 e. The first-order valence-electron chi connectivity index (χ1n) is 5.20. The van der Waals surface area contributed by atoms with E-state index in [2.05, 4.69) is 15.9 Å². The van der Waals surface area contributed by atoms with E-state index in [9.17, 15) is 9.18 Å². The van der Waals surface area contributed by atoms with Crippen LogP contribution in [0.5, 0.6) is 5.75 Å². The third-order valence-corrected chi connectivity index (χ3v) is 4.41. The van der Waals surface area contributed by atoms with Crippen LogP contribution in [0.2, 0.25) is 0 Å². The van der Waals surface area contributed by atoms with Crippen LogP contribution in [0.4, 0.5) is 4.39 Å². The van der Waals surface area contributed by atoms with Gasteiger partial charge in [-0.3, -0.25) is 4.79 Å². The molecule has 0 aliphatic carbocycles. The monoisotopic (exact) mass is 328 g/mol. The van der Waals surface area contributed by atoms with Crippen molar-refractivity contribution >= 4 is 33.0 Å². The number of hydrogen-bond acceptors (Lipinski definition) is 3. The summed E-state index contributed by atoms with van der Waals surface area (Å²) in [6.07, 6.45) is 0.299. The molecule has 0 bridgehead atoms. The molecule has 0 fully saturated rings. The molecule has 18 heavy (non-hydrogen) atoms. The Bertz CT molecular complexity index is 580. The summed E-state index contributed by atoms with van der Waals surface area (Å²) in [5.41, 5.74) is 0.452. The standard InChI is InChI=1S/C13H10BrFO2S/c1-17-12-6-8(2-3-10(12)15)11(16)7-13-9(14)4-5-18-13/h2-6H,7H2,1H3. The molecule has 0 aliphatic heterocycles. The Labute approximate surface area is 117 Å². The van der Waals surface area contributed by atoms with Crippen molar-refractivity contribution in [2.75, 3.05) is 7.11 Å². The van der Waals surface area contributed by atoms with Gasteiger partial charge in [-0.05, 0) is 45.6 Å². The van der Waals surface area contributed by atoms with Crippen LogP contribution in [0.15, 0.2) is 34.1 Å². The molecule has 1 aromatic carbocycles. The quantitative estimate of drug-likeness (QED) is 0.790. The molecular formula is C13H10BrFO2S. The zero-order chi connectivity index (χ0) is 13.1. The van der Waals surface area contributed by atoms with E-state index in [1.54, 1.807) is 0 Å². The highest BCUT2D eigenvalue weighted by Gasteiger charge is 2.13. The van der Waals surface area contributed by atoms with Gasteiger partial charge in [-0.15, -0.1) is 11.3 Å². The van der Waals surface area contributed by atoms with E-state index in [-0.39, 0.29) is 11.5 Å². The van der Waals surface area contributed by atoms with Gasteiger partial charge in [-0.25, -0.2) is 4.39 Å². The molecule has 0 aliphatic rings. The number of carbonyl (C=O) groups is 1. The topological polar surface area (TPSA) is 26.3 Å². The largest absolute Gasteiger partial charge is 0.494 e. The molecule has 0 atom stereocenters. The summed E-state index contributed by atoms with van der Waals surface area (Å²) in [4.78, 5) is 13.0. The molecule has 94 valence electrons. The van der Waals surface area contributed by atoms with Gasteiger partial charge in [0, 0.05) is 21.3 Å². The Morgan fingerprint density at radius 3 is 2.83 bits per heavy atom. The third-order valence-electron chi connectivity index (χ3n) is 2.49. The first kappa shape index (κ1) is 13.2. The van der Waals surface area contributed by atoms with Crippen molar-refractivity contribution in [3.63, 3.8) is 0 Å². The molecule has 1 aromatic heterocycles. The molecule has 0 unspecified atom stereocenters. The Kier molecular flexibility index (Phi) is 4.14. The number of hydrogen-bond donors (Lipinski definition) is 0. The minimum absolute atomic E-state index is 0.0588. The number of ether oxygens (including phenoxy) is 1. The Hall–Kier alpha value is -1.20. The van der Waals surface area contributed by atoms with Crippen molar-refractivity contribution in [2.24, 2.45) is 0 Å². The maximum absolute atomic E-state index is 13.2. The summed E-state index contributed by atoms with van der Waals surface area (Å²) >= 11 is 4.89. The lowest BCUT2D eigenvalue weighted by atomic mass is 10.1. The van der Waals surface area contributed by atoms with Gasteiger partial charge in [0.05, 0.1) is 7.11 Å². The van der Waals surface area contributed by atoms with Crippen molar-refractivity contribution in [1.29, 1.82) is 0 Å². The molecule has 5 heteroatoms. The second-order valence-corrected chi connectivity index (χ2v) is 5.50. The van der Waals surface area contributed by atoms with Crippen LogP contribution in [0.3, 0.4) is 0 Å². The van der Waals surface area contributed by atoms with Crippen LogP contribution in [-0.4, -0.2) is 12.9 Å². The minimum Gasteiger partial charge on any atom is -0.494 e. The van der Waals surface area contributed by atoms with Gasteiger partial charge in [0.15, 0.2) is 17.3 Å². The van der Waals surface area contributed by atoms with Gasteiger partial charge in [0.2, 0.25) is 0 Å². The molecule has 0 radical (unpaired) electrons. The summed E-state index contributed by atoms with van der Waals surface area (Å²) in [6.45, 7) is 0. The average molecular weight is 329 g/mol. The van der Waals surface area contributed by atoms with E-state index in [0.29, 0.717) is 12.0 Å². The smallest absolute Gasteiger partial charge is 0.168 e. The first-order chi connectivity index (χ1) is 8.61. The second-order valence-electron chi connectivity index (χ2n) is 3.64. The highest BCUT2D eigenvalue weighted by atomic mass is 79.9. The lowest BCUT2D eigenvalue weighted by Crippen LogP contribution is -2.03. The fourth-order valence-corrected chi connectivity index (χ4v) is 3.02. The van der Waals surface area contributed by atoms with Gasteiger partial charge in [-0.2, -0.15) is 0 Å². The number of benzene rings is 1. The Balaban J connectivity index is 2.21. The number of Topliss-reactive ketones (excluding diaryl/α,β-unsaturated/α-hetero) is 1. The number of thiophene rings is 1. The van der Waals surface area contributed by atoms with Crippen molar-refractivity contribution in [1.82, 2.24) is 0 Å². The van der Waals surface area contributed by atoms with Crippen molar-refractivity contribution in [2.45, 2.75) is 6.42 Å². The number of halogens is 2. The normalized spacial score (nSPS) is 10.4. The Morgan fingerprint density at radius 2 is 2.22 bits per heavy atom. The summed E-state index contributed by atoms with van der Waals surface area (Å²) in [7, 11) is 1.38. The summed E-state index contributed by atoms with van der Waals surface area (Å²) in [6, 6.07) is 6.05. The molecule has 2 rings (SSSR count). The van der Waals surface area contributed by atoms with Crippen LogP contribution in [-0.2, 0) is 6.42 Å². The summed E-state index contributed by atoms with van der Waals surface area (Å²) in [5, 5.41) is 1.91. The zero-order valence-corrected chi connectivity index (χ0v) is 12.0. The van der Waals surface area contributed by atoms with Crippen molar-refractivity contribution < 1.29 is 13.9 Å². The molecule has 2 aromatic rings. The number of ketones is 1. The van der Waals surface area contributed by atoms with E-state index in [4.69, 9.17) is 4.74 Å². The van der Waals surface area contributed by atoms with Crippen LogP contribution in [0.1, 0.15) is 15.2 Å². The summed E-state index contributed by atoms with van der Waals surface area (Å²) in [5.74, 6) is -0.436. The molecular weight excluding hydrogens is 319 g/mol. The third kappa shape index (κ3) is 2.79. The molecule has 0 spiro atoms. The predicted octanol–water partition coefficient (Wildman–Crippen LogP) is 4.08. The van der Waals surface area contributed by atoms with Crippen molar-refractivity contribution in [3.8, 4) is 5.75 Å². The van der Waals surface area contributed by atoms with Gasteiger partial charge in [-0.1, -0.05) is 0 Å². The highest BCUT2D eigenvalue weighted by molar-refractivity contribution is 9.10. The Morgan fingerprint density at radius 1 is 1.44 bits per heavy atom. The first-order valence-corrected chi connectivity index (χ1v) is 6.87. The molecule has 0 N–H and O–H groups in total. The van der Waals surface area contributed by atoms with E-state index in [1.807, 2.05) is 11.4 Å². The van der Waals surface area contributed by atoms with Crippen LogP contribution >= 0.6 is 27.3 Å². The van der Waals surface area contributed by atoms with E-state index in [0.717, 1.165) is 9.35 Å². The molecule has 0 saturated carbocycles. The van der Waals surface area contributed by atoms with Crippen LogP contribution < -0.4 is 4.74 Å². The van der Waals surface area contributed by atoms with Gasteiger partial charge in [0.1, 0.15) is 0 Å². The second kappa shape index (κ2) is 5.63. The van der Waals surface area contributed by atoms with Crippen molar-refractivity contribution in [3.05, 3.63) is 50.4 Å². The predicted molar refractivity (Wildman–Crippen MR) is 73.0 cm³/mol. The lowest BCUT2D eigenvalue weighted by molar-refractivity contribution is 0.0993. The number of rotatable bonds is 4. The lowest BCUT2D eigenvalue weighted by Gasteiger charge is -2.05. The fourth-order valence-electron chi connectivity index (χ4n) is 1.53. The maximum atomic E-state index is 13.2. The van der Waals surface area contributed by atoms with E-state index >= 15 is 0 Å². The SMILES string of the molecule is COc1cc(C(=O)Cc2sccc2Br)ccc1F. The highest BCUT2D eigenvalue weighted by Crippen LogP contribution is 2.25. The molecule has 2 nitrogen and oxygen atoms in total. The fraction of sp³-hybridized carbons (Fsp3) is 0.154. The minimum atomic E-state index is -0.466. The van der Waals surface area contributed by atoms with Gasteiger partial charge in [0.25, 0.3) is 0 Å². The summed E-state index contributed by atoms with van der Waals surface area (Å²) < 4.78 is 19.0. The van der Waals surface area contributed by atoms with Gasteiger partial charge < -0.3 is 4.74 Å². The van der Waals surface area contributed by atoms with E-state index < -0.39 is 5.82 Å². The molecule has 0 saturated heterocycles.